The van der Waals surface area contributed by atoms with Crippen LogP contribution in [0.4, 0.5) is 0 Å². The van der Waals surface area contributed by atoms with Crippen LogP contribution in [0.25, 0.3) is 11.3 Å². The van der Waals surface area contributed by atoms with Crippen molar-refractivity contribution in [3.05, 3.63) is 29.0 Å². The molecule has 4 rings (SSSR count). The van der Waals surface area contributed by atoms with Gasteiger partial charge in [0.1, 0.15) is 0 Å². The van der Waals surface area contributed by atoms with Crippen LogP contribution in [-0.4, -0.2) is 35.9 Å². The first kappa shape index (κ1) is 16.9. The predicted molar refractivity (Wildman–Crippen MR) is 98.9 cm³/mol. The highest BCUT2D eigenvalue weighted by Gasteiger charge is 2.31. The molecule has 0 atom stereocenters. The minimum Gasteiger partial charge on any atom is -0.493 e. The van der Waals surface area contributed by atoms with Crippen LogP contribution in [0, 0.1) is 0 Å². The van der Waals surface area contributed by atoms with E-state index in [1.165, 1.54) is 19.3 Å². The largest absolute Gasteiger partial charge is 0.493 e. The number of aromatic nitrogens is 2. The summed E-state index contributed by atoms with van der Waals surface area (Å²) in [5.41, 5.74) is 4.73. The van der Waals surface area contributed by atoms with Gasteiger partial charge in [-0.15, -0.1) is 0 Å². The third-order valence-electron chi connectivity index (χ3n) is 5.53. The van der Waals surface area contributed by atoms with Crippen molar-refractivity contribution in [3.63, 3.8) is 0 Å². The Hall–Kier alpha value is -2.50. The van der Waals surface area contributed by atoms with Crippen molar-refractivity contribution >= 4 is 5.91 Å². The summed E-state index contributed by atoms with van der Waals surface area (Å²) in [5.74, 6) is 1.34. The zero-order valence-corrected chi connectivity index (χ0v) is 15.6. The average Bonchev–Trinajstić information content (AvgIpc) is 3.18. The lowest BCUT2D eigenvalue weighted by Crippen LogP contribution is -2.36. The van der Waals surface area contributed by atoms with Gasteiger partial charge in [0.2, 0.25) is 0 Å². The Kier molecular flexibility index (Phi) is 4.34. The van der Waals surface area contributed by atoms with Gasteiger partial charge in [-0.2, -0.15) is 5.10 Å². The molecule has 6 nitrogen and oxygen atoms in total. The average molecular weight is 355 g/mol. The third-order valence-corrected chi connectivity index (χ3v) is 5.53. The lowest BCUT2D eigenvalue weighted by Gasteiger charge is -2.22. The molecule has 1 fully saturated rings. The summed E-state index contributed by atoms with van der Waals surface area (Å²) in [5, 5.41) is 7.71. The number of carbonyl (C=O) groups is 1. The van der Waals surface area contributed by atoms with Gasteiger partial charge in [-0.05, 0) is 30.5 Å². The van der Waals surface area contributed by atoms with Crippen LogP contribution in [0.2, 0.25) is 0 Å². The van der Waals surface area contributed by atoms with Gasteiger partial charge >= 0.3 is 0 Å². The highest BCUT2D eigenvalue weighted by Crippen LogP contribution is 2.43. The maximum atomic E-state index is 12.8. The smallest absolute Gasteiger partial charge is 0.272 e. The summed E-state index contributed by atoms with van der Waals surface area (Å²) in [4.78, 5) is 12.8. The Morgan fingerprint density at radius 2 is 1.85 bits per heavy atom. The van der Waals surface area contributed by atoms with Crippen molar-refractivity contribution in [1.29, 1.82) is 0 Å². The van der Waals surface area contributed by atoms with E-state index in [9.17, 15) is 4.79 Å². The number of aryl methyl sites for hydroxylation is 1. The van der Waals surface area contributed by atoms with Gasteiger partial charge in [-0.3, -0.25) is 9.48 Å². The van der Waals surface area contributed by atoms with Crippen LogP contribution in [-0.2, 0) is 13.5 Å². The van der Waals surface area contributed by atoms with Gasteiger partial charge in [-0.1, -0.05) is 19.3 Å². The number of nitrogens with one attached hydrogen (secondary N) is 1. The Bertz CT molecular complexity index is 850. The molecular weight excluding hydrogens is 330 g/mol. The van der Waals surface area contributed by atoms with Gasteiger partial charge in [0.15, 0.2) is 17.2 Å². The van der Waals surface area contributed by atoms with E-state index in [4.69, 9.17) is 9.47 Å². The number of methoxy groups -OCH3 is 2. The van der Waals surface area contributed by atoms with E-state index in [2.05, 4.69) is 10.4 Å². The van der Waals surface area contributed by atoms with Crippen LogP contribution < -0.4 is 14.8 Å². The number of amides is 1. The van der Waals surface area contributed by atoms with Crippen LogP contribution >= 0.6 is 0 Å². The Morgan fingerprint density at radius 1 is 1.15 bits per heavy atom. The van der Waals surface area contributed by atoms with Crippen LogP contribution in [0.3, 0.4) is 0 Å². The van der Waals surface area contributed by atoms with Crippen molar-refractivity contribution in [1.82, 2.24) is 15.1 Å². The molecule has 6 heteroatoms. The van der Waals surface area contributed by atoms with E-state index >= 15 is 0 Å². The second kappa shape index (κ2) is 6.67. The first-order valence-electron chi connectivity index (χ1n) is 9.24. The topological polar surface area (TPSA) is 65.4 Å². The number of hydrogen-bond donors (Lipinski definition) is 1. The summed E-state index contributed by atoms with van der Waals surface area (Å²) in [6, 6.07) is 4.25. The van der Waals surface area contributed by atoms with Crippen molar-refractivity contribution in [2.75, 3.05) is 14.2 Å². The van der Waals surface area contributed by atoms with Crippen molar-refractivity contribution in [3.8, 4) is 22.8 Å². The molecular formula is C20H25N3O3. The van der Waals surface area contributed by atoms with Crippen molar-refractivity contribution < 1.29 is 14.3 Å². The molecule has 138 valence electrons. The summed E-state index contributed by atoms with van der Waals surface area (Å²) >= 11 is 0. The Morgan fingerprint density at radius 3 is 2.54 bits per heavy atom. The number of rotatable bonds is 4. The minimum atomic E-state index is -0.0551. The second-order valence-corrected chi connectivity index (χ2v) is 7.15. The Labute approximate surface area is 153 Å². The van der Waals surface area contributed by atoms with E-state index in [-0.39, 0.29) is 11.9 Å². The fourth-order valence-corrected chi connectivity index (χ4v) is 4.23. The summed E-state index contributed by atoms with van der Waals surface area (Å²) in [7, 11) is 5.16. The maximum absolute atomic E-state index is 12.8. The van der Waals surface area contributed by atoms with Gasteiger partial charge in [-0.25, -0.2) is 0 Å². The fraction of sp³-hybridized carbons (Fsp3) is 0.500. The predicted octanol–water partition coefficient (Wildman–Crippen LogP) is 3.07. The molecule has 0 unspecified atom stereocenters. The zero-order valence-electron chi connectivity index (χ0n) is 15.6. The van der Waals surface area contributed by atoms with Gasteiger partial charge in [0.25, 0.3) is 5.91 Å². The number of nitrogens with zero attached hydrogens (tertiary/aromatic N) is 2. The summed E-state index contributed by atoms with van der Waals surface area (Å²) in [6.45, 7) is 0. The first-order chi connectivity index (χ1) is 12.6. The molecule has 1 amide bonds. The molecule has 1 saturated carbocycles. The number of fused-ring (bicyclic) bond motifs is 3. The standard InChI is InChI=1S/C20H25N3O3/c1-23-19-14-11-17(26-3)16(25-2)10-12(14)9-15(19)18(22-23)20(24)21-13-7-5-4-6-8-13/h10-11,13H,4-9H2,1-3H3,(H,21,24). The number of benzene rings is 1. The highest BCUT2D eigenvalue weighted by atomic mass is 16.5. The molecule has 0 spiro atoms. The normalized spacial score (nSPS) is 16.1. The van der Waals surface area contributed by atoms with E-state index < -0.39 is 0 Å². The molecule has 1 aromatic heterocycles. The fourth-order valence-electron chi connectivity index (χ4n) is 4.23. The Balaban J connectivity index is 1.67. The van der Waals surface area contributed by atoms with Crippen LogP contribution in [0.15, 0.2) is 12.1 Å². The number of carbonyl (C=O) groups excluding carboxylic acids is 1. The molecule has 26 heavy (non-hydrogen) atoms. The quantitative estimate of drug-likeness (QED) is 0.781. The summed E-state index contributed by atoms with van der Waals surface area (Å²) in [6.07, 6.45) is 6.47. The molecule has 2 aromatic rings. The van der Waals surface area contributed by atoms with Gasteiger partial charge < -0.3 is 14.8 Å². The first-order valence-corrected chi connectivity index (χ1v) is 9.24. The van der Waals surface area contributed by atoms with Crippen molar-refractivity contribution in [2.45, 2.75) is 44.6 Å². The van der Waals surface area contributed by atoms with E-state index in [0.717, 1.165) is 35.2 Å². The van der Waals surface area contributed by atoms with E-state index in [1.807, 2.05) is 23.9 Å². The molecule has 0 radical (unpaired) electrons. The van der Waals surface area contributed by atoms with Gasteiger partial charge in [0, 0.05) is 30.6 Å². The lowest BCUT2D eigenvalue weighted by molar-refractivity contribution is 0.0921. The molecule has 0 bridgehead atoms. The maximum Gasteiger partial charge on any atom is 0.272 e. The van der Waals surface area contributed by atoms with E-state index in [0.29, 0.717) is 23.6 Å². The summed E-state index contributed by atoms with van der Waals surface area (Å²) < 4.78 is 12.7. The molecule has 0 aliphatic heterocycles. The van der Waals surface area contributed by atoms with Gasteiger partial charge in [0.05, 0.1) is 19.9 Å². The van der Waals surface area contributed by atoms with Crippen molar-refractivity contribution in [2.24, 2.45) is 7.05 Å². The third kappa shape index (κ3) is 2.73. The molecule has 2 aliphatic carbocycles. The monoisotopic (exact) mass is 355 g/mol. The van der Waals surface area contributed by atoms with Crippen LogP contribution in [0.1, 0.15) is 53.7 Å². The van der Waals surface area contributed by atoms with Crippen LogP contribution in [0.5, 0.6) is 11.5 Å². The highest BCUT2D eigenvalue weighted by molar-refractivity contribution is 5.97. The zero-order chi connectivity index (χ0) is 18.3. The molecule has 2 aliphatic rings. The lowest BCUT2D eigenvalue weighted by atomic mass is 9.95. The molecule has 0 saturated heterocycles. The van der Waals surface area contributed by atoms with E-state index in [1.54, 1.807) is 14.2 Å². The number of ether oxygens (including phenoxy) is 2. The minimum absolute atomic E-state index is 0.0551. The molecule has 1 aromatic carbocycles. The second-order valence-electron chi connectivity index (χ2n) is 7.15. The molecule has 1 N–H and O–H groups in total. The number of hydrogen-bond acceptors (Lipinski definition) is 4. The molecule has 1 heterocycles. The SMILES string of the molecule is COc1cc2c(cc1OC)-c1c(c(C(=O)NC3CCCCC3)nn1C)C2.